The predicted octanol–water partition coefficient (Wildman–Crippen LogP) is 9.69. The molecule has 1 aliphatic carbocycles. The number of aliphatic hydroxyl groups is 1. The fourth-order valence-corrected chi connectivity index (χ4v) is 5.33. The molecule has 0 saturated heterocycles. The van der Waals surface area contributed by atoms with Crippen LogP contribution in [-0.4, -0.2) is 11.7 Å². The Labute approximate surface area is 234 Å². The highest BCUT2D eigenvalue weighted by Gasteiger charge is 2.26. The van der Waals surface area contributed by atoms with Crippen molar-refractivity contribution in [2.75, 3.05) is 6.61 Å². The molecule has 1 atom stereocenters. The first kappa shape index (κ1) is 29.6. The largest absolute Gasteiger partial charge is 0.490 e. The van der Waals surface area contributed by atoms with Gasteiger partial charge >= 0.3 is 0 Å². The summed E-state index contributed by atoms with van der Waals surface area (Å²) in [5, 5.41) is 10.1. The van der Waals surface area contributed by atoms with Crippen molar-refractivity contribution in [3.05, 3.63) is 107 Å². The van der Waals surface area contributed by atoms with Gasteiger partial charge in [0.25, 0.3) is 0 Å². The molecular weight excluding hydrogens is 516 g/mol. The van der Waals surface area contributed by atoms with E-state index < -0.39 is 29.4 Å². The number of halogens is 4. The molecule has 0 spiro atoms. The monoisotopic (exact) mass is 552 g/mol. The summed E-state index contributed by atoms with van der Waals surface area (Å²) in [5.74, 6) is -3.72. The number of aliphatic hydroxyl groups excluding tert-OH is 1. The molecule has 212 valence electrons. The maximum atomic E-state index is 15.0. The zero-order chi connectivity index (χ0) is 28.6. The number of allylic oxidation sites excluding steroid dienone is 1. The van der Waals surface area contributed by atoms with Crippen LogP contribution in [0.1, 0.15) is 80.6 Å². The summed E-state index contributed by atoms with van der Waals surface area (Å²) >= 11 is 0. The van der Waals surface area contributed by atoms with E-state index in [0.29, 0.717) is 36.8 Å². The van der Waals surface area contributed by atoms with Crippen molar-refractivity contribution in [2.24, 2.45) is 5.92 Å². The molecule has 1 unspecified atom stereocenters. The second kappa shape index (κ2) is 13.8. The molecule has 3 aromatic rings. The van der Waals surface area contributed by atoms with Crippen LogP contribution in [0, 0.1) is 29.2 Å². The standard InChI is InChI=1S/C34H36F4O2/c1-3-5-21-40-30-20-19-28(33(37)34(30)38)23-10-7-22(8-11-23)9-12-26-17-18-27(32(36)31(26)35)24-13-15-25(16-14-24)29(39)6-4-2/h3,9,12-20,22-23,29,39H,1,4-8,10-11,21H2,2H3/b12-9+. The third kappa shape index (κ3) is 6.84. The van der Waals surface area contributed by atoms with Crippen molar-refractivity contribution < 1.29 is 27.4 Å². The second-order valence-electron chi connectivity index (χ2n) is 10.4. The van der Waals surface area contributed by atoms with E-state index in [2.05, 4.69) is 6.58 Å². The van der Waals surface area contributed by atoms with E-state index in [4.69, 9.17) is 4.74 Å². The smallest absolute Gasteiger partial charge is 0.200 e. The minimum absolute atomic E-state index is 0.0946. The van der Waals surface area contributed by atoms with Crippen molar-refractivity contribution in [1.29, 1.82) is 0 Å². The van der Waals surface area contributed by atoms with Crippen LogP contribution < -0.4 is 4.74 Å². The van der Waals surface area contributed by atoms with E-state index >= 15 is 0 Å². The highest BCUT2D eigenvalue weighted by atomic mass is 19.2. The number of hydrogen-bond donors (Lipinski definition) is 1. The minimum Gasteiger partial charge on any atom is -0.490 e. The van der Waals surface area contributed by atoms with Crippen LogP contribution in [0.3, 0.4) is 0 Å². The maximum absolute atomic E-state index is 15.0. The molecule has 0 heterocycles. The van der Waals surface area contributed by atoms with Crippen LogP contribution in [0.4, 0.5) is 17.6 Å². The van der Waals surface area contributed by atoms with Gasteiger partial charge < -0.3 is 9.84 Å². The summed E-state index contributed by atoms with van der Waals surface area (Å²) in [5.41, 5.74) is 1.97. The summed E-state index contributed by atoms with van der Waals surface area (Å²) in [7, 11) is 0. The van der Waals surface area contributed by atoms with Crippen LogP contribution in [-0.2, 0) is 0 Å². The Morgan fingerprint density at radius 1 is 0.900 bits per heavy atom. The SMILES string of the molecule is C=CCCOc1ccc(C2CCC(/C=C/c3ccc(-c4ccc(C(O)CCC)cc4)c(F)c3F)CC2)c(F)c1F. The zero-order valence-electron chi connectivity index (χ0n) is 22.8. The van der Waals surface area contributed by atoms with Gasteiger partial charge in [0, 0.05) is 11.1 Å². The Balaban J connectivity index is 1.38. The Hall–Kier alpha value is -3.38. The van der Waals surface area contributed by atoms with Gasteiger partial charge in [-0.3, -0.25) is 0 Å². The van der Waals surface area contributed by atoms with Crippen LogP contribution in [0.2, 0.25) is 0 Å². The van der Waals surface area contributed by atoms with E-state index in [1.54, 1.807) is 54.6 Å². The normalized spacial score (nSPS) is 18.1. The molecule has 1 fully saturated rings. The lowest BCUT2D eigenvalue weighted by atomic mass is 9.78. The molecule has 1 N–H and O–H groups in total. The van der Waals surface area contributed by atoms with Gasteiger partial charge in [-0.25, -0.2) is 13.2 Å². The summed E-state index contributed by atoms with van der Waals surface area (Å²) in [4.78, 5) is 0. The molecule has 1 saturated carbocycles. The summed E-state index contributed by atoms with van der Waals surface area (Å²) in [6.07, 6.45) is 9.39. The average molecular weight is 553 g/mol. The van der Waals surface area contributed by atoms with Crippen molar-refractivity contribution in [3.63, 3.8) is 0 Å². The third-order valence-electron chi connectivity index (χ3n) is 7.70. The highest BCUT2D eigenvalue weighted by molar-refractivity contribution is 5.67. The van der Waals surface area contributed by atoms with Gasteiger partial charge in [0.15, 0.2) is 23.2 Å². The van der Waals surface area contributed by atoms with E-state index in [1.807, 2.05) is 13.0 Å². The summed E-state index contributed by atoms with van der Waals surface area (Å²) in [6.45, 7) is 5.81. The van der Waals surface area contributed by atoms with Crippen LogP contribution in [0.5, 0.6) is 5.75 Å². The molecule has 0 radical (unpaired) electrons. The summed E-state index contributed by atoms with van der Waals surface area (Å²) < 4.78 is 64.5. The van der Waals surface area contributed by atoms with Crippen molar-refractivity contribution in [3.8, 4) is 16.9 Å². The Bertz CT molecular complexity index is 1320. The molecule has 6 heteroatoms. The first-order valence-electron chi connectivity index (χ1n) is 14.0. The Morgan fingerprint density at radius 2 is 1.62 bits per heavy atom. The molecule has 4 rings (SSSR count). The lowest BCUT2D eigenvalue weighted by molar-refractivity contribution is 0.166. The predicted molar refractivity (Wildman–Crippen MR) is 152 cm³/mol. The van der Waals surface area contributed by atoms with Gasteiger partial charge in [0.05, 0.1) is 12.7 Å². The quantitative estimate of drug-likeness (QED) is 0.146. The van der Waals surface area contributed by atoms with E-state index in [9.17, 15) is 22.7 Å². The number of hydrogen-bond acceptors (Lipinski definition) is 2. The van der Waals surface area contributed by atoms with Crippen LogP contribution in [0.15, 0.2) is 67.3 Å². The van der Waals surface area contributed by atoms with E-state index in [0.717, 1.165) is 24.8 Å². The molecule has 1 aliphatic rings. The van der Waals surface area contributed by atoms with Gasteiger partial charge in [-0.15, -0.1) is 6.58 Å². The topological polar surface area (TPSA) is 29.5 Å². The molecule has 3 aromatic carbocycles. The lowest BCUT2D eigenvalue weighted by Gasteiger charge is -2.27. The Kier molecular flexibility index (Phi) is 10.2. The van der Waals surface area contributed by atoms with Gasteiger partial charge in [-0.05, 0) is 73.1 Å². The van der Waals surface area contributed by atoms with Gasteiger partial charge in [-0.1, -0.05) is 74.0 Å². The fraction of sp³-hybridized carbons (Fsp3) is 0.353. The molecule has 2 nitrogen and oxygen atoms in total. The number of benzene rings is 3. The van der Waals surface area contributed by atoms with Crippen LogP contribution in [0.25, 0.3) is 17.2 Å². The van der Waals surface area contributed by atoms with Crippen molar-refractivity contribution in [2.45, 2.75) is 63.9 Å². The average Bonchev–Trinajstić information content (AvgIpc) is 2.97. The van der Waals surface area contributed by atoms with Gasteiger partial charge in [0.2, 0.25) is 5.82 Å². The molecule has 0 amide bonds. The van der Waals surface area contributed by atoms with E-state index in [1.165, 1.54) is 6.07 Å². The molecular formula is C34H36F4O2. The Morgan fingerprint density at radius 3 is 2.30 bits per heavy atom. The van der Waals surface area contributed by atoms with Crippen LogP contribution >= 0.6 is 0 Å². The fourth-order valence-electron chi connectivity index (χ4n) is 5.33. The van der Waals surface area contributed by atoms with E-state index in [-0.39, 0.29) is 35.3 Å². The number of ether oxygens (including phenoxy) is 1. The zero-order valence-corrected chi connectivity index (χ0v) is 22.8. The third-order valence-corrected chi connectivity index (χ3v) is 7.70. The first-order valence-corrected chi connectivity index (χ1v) is 14.0. The molecule has 0 aromatic heterocycles. The first-order chi connectivity index (χ1) is 19.3. The molecule has 0 aliphatic heterocycles. The van der Waals surface area contributed by atoms with Gasteiger partial charge in [-0.2, -0.15) is 4.39 Å². The molecule has 40 heavy (non-hydrogen) atoms. The lowest BCUT2D eigenvalue weighted by Crippen LogP contribution is -2.14. The second-order valence-corrected chi connectivity index (χ2v) is 10.4. The maximum Gasteiger partial charge on any atom is 0.200 e. The highest BCUT2D eigenvalue weighted by Crippen LogP contribution is 2.39. The number of rotatable bonds is 11. The van der Waals surface area contributed by atoms with Crippen molar-refractivity contribution >= 4 is 6.08 Å². The van der Waals surface area contributed by atoms with Crippen molar-refractivity contribution in [1.82, 2.24) is 0 Å². The van der Waals surface area contributed by atoms with Gasteiger partial charge in [0.1, 0.15) is 0 Å². The summed E-state index contributed by atoms with van der Waals surface area (Å²) in [6, 6.07) is 13.1. The molecule has 0 bridgehead atoms. The minimum atomic E-state index is -0.963.